The van der Waals surface area contributed by atoms with E-state index in [2.05, 4.69) is 30.4 Å². The molecule has 1 amide bonds. The SMILES string of the molecule is CC(=O)[C@]1(O)CC[C@@H]2[C@H]3CCC4=C/C(=N/OCC(=O)N[C@H](C(=O)O)c5ccccc5)CC[C@]4(C)[C@@H]3CC[C@]21C. The largest absolute Gasteiger partial charge is 0.479 e. The summed E-state index contributed by atoms with van der Waals surface area (Å²) >= 11 is 0. The topological polar surface area (TPSA) is 125 Å². The molecule has 0 radical (unpaired) electrons. The zero-order valence-electron chi connectivity index (χ0n) is 23.1. The van der Waals surface area contributed by atoms with Crippen LogP contribution in [0.3, 0.4) is 0 Å². The molecule has 3 fully saturated rings. The first-order chi connectivity index (χ1) is 18.5. The zero-order valence-corrected chi connectivity index (χ0v) is 23.1. The van der Waals surface area contributed by atoms with Gasteiger partial charge in [0, 0.05) is 5.41 Å². The Balaban J connectivity index is 1.23. The third-order valence-corrected chi connectivity index (χ3v) is 10.8. The summed E-state index contributed by atoms with van der Waals surface area (Å²) in [6.45, 7) is 5.70. The van der Waals surface area contributed by atoms with E-state index in [4.69, 9.17) is 4.84 Å². The Morgan fingerprint density at radius 1 is 1.05 bits per heavy atom. The molecule has 7 atom stereocenters. The summed E-state index contributed by atoms with van der Waals surface area (Å²) in [5, 5.41) is 27.6. The number of hydrogen-bond acceptors (Lipinski definition) is 6. The number of carboxylic acids is 1. The molecule has 39 heavy (non-hydrogen) atoms. The molecular formula is C31H40N2O6. The number of carbonyl (C=O) groups excluding carboxylic acids is 2. The molecule has 4 aliphatic rings. The lowest BCUT2D eigenvalue weighted by molar-refractivity contribution is -0.159. The smallest absolute Gasteiger partial charge is 0.330 e. The third kappa shape index (κ3) is 4.60. The third-order valence-electron chi connectivity index (χ3n) is 10.8. The summed E-state index contributed by atoms with van der Waals surface area (Å²) in [6, 6.07) is 7.40. The van der Waals surface area contributed by atoms with Crippen molar-refractivity contribution in [3.8, 4) is 0 Å². The number of amides is 1. The fourth-order valence-corrected chi connectivity index (χ4v) is 8.55. The molecule has 4 aliphatic carbocycles. The van der Waals surface area contributed by atoms with Crippen molar-refractivity contribution in [1.29, 1.82) is 0 Å². The molecule has 0 aliphatic heterocycles. The number of aliphatic hydroxyl groups is 1. The second-order valence-corrected chi connectivity index (χ2v) is 12.5. The molecule has 0 unspecified atom stereocenters. The summed E-state index contributed by atoms with van der Waals surface area (Å²) in [5.41, 5.74) is 1.19. The predicted molar refractivity (Wildman–Crippen MR) is 146 cm³/mol. The number of Topliss-reactive ketones (excluding diaryl/α,β-unsaturated/α-hetero) is 1. The number of nitrogens with one attached hydrogen (secondary N) is 1. The summed E-state index contributed by atoms with van der Waals surface area (Å²) in [5.74, 6) is -0.380. The van der Waals surface area contributed by atoms with Gasteiger partial charge in [-0.05, 0) is 93.1 Å². The molecule has 1 aromatic rings. The molecule has 0 bridgehead atoms. The highest BCUT2D eigenvalue weighted by molar-refractivity contribution is 5.96. The number of carbonyl (C=O) groups is 3. The fraction of sp³-hybridized carbons (Fsp3) is 0.613. The van der Waals surface area contributed by atoms with Crippen LogP contribution in [-0.4, -0.2) is 45.8 Å². The maximum atomic E-state index is 12.5. The molecule has 3 N–H and O–H groups in total. The summed E-state index contributed by atoms with van der Waals surface area (Å²) in [6.07, 6.45) is 9.21. The van der Waals surface area contributed by atoms with E-state index in [-0.39, 0.29) is 23.2 Å². The van der Waals surface area contributed by atoms with Crippen molar-refractivity contribution in [3.05, 3.63) is 47.5 Å². The van der Waals surface area contributed by atoms with Crippen LogP contribution in [0.4, 0.5) is 0 Å². The molecule has 1 aromatic carbocycles. The fourth-order valence-electron chi connectivity index (χ4n) is 8.55. The Morgan fingerprint density at radius 3 is 2.46 bits per heavy atom. The van der Waals surface area contributed by atoms with Gasteiger partial charge in [0.05, 0.1) is 5.71 Å². The molecule has 0 heterocycles. The van der Waals surface area contributed by atoms with E-state index in [0.717, 1.165) is 50.7 Å². The number of oxime groups is 1. The summed E-state index contributed by atoms with van der Waals surface area (Å²) < 4.78 is 0. The van der Waals surface area contributed by atoms with Gasteiger partial charge in [0.2, 0.25) is 0 Å². The van der Waals surface area contributed by atoms with Gasteiger partial charge in [-0.15, -0.1) is 0 Å². The standard InChI is InChI=1S/C31H40N2O6/c1-19(34)31(38)16-13-25-23-10-9-21-17-22(11-14-29(21,2)24(23)12-15-30(25,31)3)33-39-18-26(35)32-27(28(36)37)20-7-5-4-6-8-20/h4-8,17,23-25,27,38H,9-16,18H2,1-3H3,(H,32,35)(H,36,37)/b33-22+/t23-,24+,25+,27-,29-,30+,31+/m0/s1. The Labute approximate surface area is 229 Å². The minimum atomic E-state index is -1.19. The molecule has 0 aromatic heterocycles. The van der Waals surface area contributed by atoms with E-state index in [1.165, 1.54) is 5.57 Å². The van der Waals surface area contributed by atoms with Crippen molar-refractivity contribution in [2.75, 3.05) is 6.61 Å². The van der Waals surface area contributed by atoms with Crippen LogP contribution in [0, 0.1) is 28.6 Å². The lowest BCUT2D eigenvalue weighted by atomic mass is 9.46. The first-order valence-corrected chi connectivity index (χ1v) is 14.2. The van der Waals surface area contributed by atoms with E-state index in [0.29, 0.717) is 29.7 Å². The first-order valence-electron chi connectivity index (χ1n) is 14.2. The van der Waals surface area contributed by atoms with Crippen molar-refractivity contribution in [2.24, 2.45) is 33.7 Å². The van der Waals surface area contributed by atoms with Crippen molar-refractivity contribution >= 4 is 23.4 Å². The van der Waals surface area contributed by atoms with E-state index < -0.39 is 23.5 Å². The predicted octanol–water partition coefficient (Wildman–Crippen LogP) is 4.58. The molecule has 8 nitrogen and oxygen atoms in total. The van der Waals surface area contributed by atoms with Gasteiger partial charge in [-0.3, -0.25) is 9.59 Å². The second kappa shape index (κ2) is 10.2. The van der Waals surface area contributed by atoms with Crippen molar-refractivity contribution in [2.45, 2.75) is 83.8 Å². The number of rotatable bonds is 7. The van der Waals surface area contributed by atoms with Crippen LogP contribution in [0.15, 0.2) is 47.1 Å². The highest BCUT2D eigenvalue weighted by atomic mass is 16.6. The summed E-state index contributed by atoms with van der Waals surface area (Å²) in [4.78, 5) is 41.9. The van der Waals surface area contributed by atoms with Gasteiger partial charge >= 0.3 is 5.97 Å². The maximum Gasteiger partial charge on any atom is 0.330 e. The van der Waals surface area contributed by atoms with Crippen LogP contribution in [0.2, 0.25) is 0 Å². The molecular weight excluding hydrogens is 496 g/mol. The normalized spacial score (nSPS) is 37.1. The molecule has 3 saturated carbocycles. The molecule has 5 rings (SSSR count). The van der Waals surface area contributed by atoms with E-state index in [1.807, 2.05) is 0 Å². The Bertz CT molecular complexity index is 1210. The van der Waals surface area contributed by atoms with Gasteiger partial charge in [-0.1, -0.05) is 54.9 Å². The van der Waals surface area contributed by atoms with Crippen LogP contribution < -0.4 is 5.32 Å². The molecule has 0 spiro atoms. The van der Waals surface area contributed by atoms with Crippen molar-refractivity contribution < 1.29 is 29.4 Å². The number of fused-ring (bicyclic) bond motifs is 5. The molecule has 210 valence electrons. The van der Waals surface area contributed by atoms with Crippen LogP contribution in [-0.2, 0) is 19.2 Å². The van der Waals surface area contributed by atoms with Gasteiger partial charge in [0.15, 0.2) is 18.4 Å². The zero-order chi connectivity index (χ0) is 28.0. The van der Waals surface area contributed by atoms with Crippen molar-refractivity contribution in [3.63, 3.8) is 0 Å². The van der Waals surface area contributed by atoms with E-state index >= 15 is 0 Å². The first kappa shape index (κ1) is 27.6. The van der Waals surface area contributed by atoms with Gasteiger partial charge in [-0.2, -0.15) is 0 Å². The Morgan fingerprint density at radius 2 is 1.77 bits per heavy atom. The van der Waals surface area contributed by atoms with Crippen molar-refractivity contribution in [1.82, 2.24) is 5.32 Å². The number of benzene rings is 1. The quantitative estimate of drug-likeness (QED) is 0.438. The number of carboxylic acid groups (broad SMARTS) is 1. The van der Waals surface area contributed by atoms with Gasteiger partial charge in [-0.25, -0.2) is 4.79 Å². The minimum Gasteiger partial charge on any atom is -0.479 e. The average Bonchev–Trinajstić information content (AvgIpc) is 3.19. The highest BCUT2D eigenvalue weighted by Gasteiger charge is 2.65. The lowest BCUT2D eigenvalue weighted by Gasteiger charge is -2.59. The average molecular weight is 537 g/mol. The lowest BCUT2D eigenvalue weighted by Crippen LogP contribution is -2.57. The van der Waals surface area contributed by atoms with Crippen LogP contribution >= 0.6 is 0 Å². The van der Waals surface area contributed by atoms with E-state index in [9.17, 15) is 24.6 Å². The number of nitrogens with zero attached hydrogens (tertiary/aromatic N) is 1. The maximum absolute atomic E-state index is 12.5. The van der Waals surface area contributed by atoms with Gasteiger partial charge in [0.25, 0.3) is 5.91 Å². The number of ketones is 1. The second-order valence-electron chi connectivity index (χ2n) is 12.5. The Kier molecular flexibility index (Phi) is 7.20. The Hall–Kier alpha value is -3.00. The van der Waals surface area contributed by atoms with Gasteiger partial charge in [0.1, 0.15) is 5.60 Å². The number of hydrogen-bond donors (Lipinski definition) is 3. The van der Waals surface area contributed by atoms with E-state index in [1.54, 1.807) is 37.3 Å². The van der Waals surface area contributed by atoms with Crippen LogP contribution in [0.5, 0.6) is 0 Å². The highest BCUT2D eigenvalue weighted by Crippen LogP contribution is 2.67. The monoisotopic (exact) mass is 536 g/mol. The summed E-state index contributed by atoms with van der Waals surface area (Å²) in [7, 11) is 0. The number of allylic oxidation sites excluding steroid dienone is 2. The molecule has 0 saturated heterocycles. The van der Waals surface area contributed by atoms with Crippen LogP contribution in [0.1, 0.15) is 83.7 Å². The molecule has 8 heteroatoms. The van der Waals surface area contributed by atoms with Crippen LogP contribution in [0.25, 0.3) is 0 Å². The van der Waals surface area contributed by atoms with Gasteiger partial charge < -0.3 is 20.4 Å². The minimum absolute atomic E-state index is 0.0575. The number of aliphatic carboxylic acids is 1.